The molecule has 0 fully saturated rings. The van der Waals surface area contributed by atoms with Gasteiger partial charge in [0.2, 0.25) is 5.13 Å². The van der Waals surface area contributed by atoms with Crippen molar-refractivity contribution in [3.8, 4) is 0 Å². The van der Waals surface area contributed by atoms with Gasteiger partial charge in [-0.2, -0.15) is 0 Å². The summed E-state index contributed by atoms with van der Waals surface area (Å²) in [6.45, 7) is 0. The molecule has 0 atom stereocenters. The number of nitrogens with zero attached hydrogens (tertiary/aromatic N) is 2. The zero-order chi connectivity index (χ0) is 18.6. The average molecular weight is 456 g/mol. The Morgan fingerprint density at radius 2 is 1.78 bits per heavy atom. The number of amides is 1. The lowest BCUT2D eigenvalue weighted by Crippen LogP contribution is -2.12. The summed E-state index contributed by atoms with van der Waals surface area (Å²) in [5, 5.41) is 14.1. The van der Waals surface area contributed by atoms with Crippen LogP contribution in [0.3, 0.4) is 0 Å². The summed E-state index contributed by atoms with van der Waals surface area (Å²) in [6, 6.07) is 22.0. The minimum absolute atomic E-state index is 0.204. The molecule has 3 aromatic carbocycles. The minimum Gasteiger partial charge on any atom is -0.296 e. The van der Waals surface area contributed by atoms with Crippen LogP contribution >= 0.6 is 39.0 Å². The molecule has 4 aromatic rings. The van der Waals surface area contributed by atoms with Crippen LogP contribution in [0.15, 0.2) is 75.5 Å². The fraction of sp³-hybridized carbons (Fsp3) is 0.0500. The van der Waals surface area contributed by atoms with Gasteiger partial charge in [0, 0.05) is 10.2 Å². The van der Waals surface area contributed by atoms with Gasteiger partial charge in [-0.25, -0.2) is 0 Å². The molecule has 1 aromatic heterocycles. The van der Waals surface area contributed by atoms with Crippen LogP contribution in [-0.2, 0) is 5.75 Å². The van der Waals surface area contributed by atoms with E-state index in [1.807, 2.05) is 24.3 Å². The standard InChI is InChI=1S/C20H14BrN3OS2/c21-17-11-4-3-10-16(17)18(25)22-19-23-24-20(27-19)26-12-14-8-5-7-13-6-1-2-9-15(13)14/h1-11H,12H2,(H,22,23,25). The summed E-state index contributed by atoms with van der Waals surface area (Å²) in [5.41, 5.74) is 1.82. The Morgan fingerprint density at radius 3 is 2.67 bits per heavy atom. The highest BCUT2D eigenvalue weighted by atomic mass is 79.9. The fourth-order valence-electron chi connectivity index (χ4n) is 2.69. The van der Waals surface area contributed by atoms with Crippen molar-refractivity contribution in [2.24, 2.45) is 0 Å². The van der Waals surface area contributed by atoms with Crippen molar-refractivity contribution in [2.75, 3.05) is 5.32 Å². The third kappa shape index (κ3) is 4.21. The highest BCUT2D eigenvalue weighted by Gasteiger charge is 2.13. The molecule has 0 spiro atoms. The van der Waals surface area contributed by atoms with Crippen molar-refractivity contribution in [3.05, 3.63) is 82.3 Å². The topological polar surface area (TPSA) is 54.9 Å². The second kappa shape index (κ2) is 8.21. The van der Waals surface area contributed by atoms with Gasteiger partial charge < -0.3 is 0 Å². The zero-order valence-corrected chi connectivity index (χ0v) is 17.3. The fourth-order valence-corrected chi connectivity index (χ4v) is 4.90. The van der Waals surface area contributed by atoms with Crippen molar-refractivity contribution in [2.45, 2.75) is 10.1 Å². The average Bonchev–Trinajstić information content (AvgIpc) is 3.14. The second-order valence-corrected chi connectivity index (χ2v) is 8.79. The van der Waals surface area contributed by atoms with Gasteiger partial charge in [-0.3, -0.25) is 10.1 Å². The van der Waals surface area contributed by atoms with Crippen LogP contribution in [0.2, 0.25) is 0 Å². The summed E-state index contributed by atoms with van der Waals surface area (Å²) in [5.74, 6) is 0.595. The van der Waals surface area contributed by atoms with Crippen molar-refractivity contribution in [3.63, 3.8) is 0 Å². The molecule has 1 N–H and O–H groups in total. The van der Waals surface area contributed by atoms with Crippen LogP contribution in [-0.4, -0.2) is 16.1 Å². The molecule has 0 aliphatic rings. The van der Waals surface area contributed by atoms with Crippen LogP contribution in [0.1, 0.15) is 15.9 Å². The lowest BCUT2D eigenvalue weighted by atomic mass is 10.1. The number of rotatable bonds is 5. The molecule has 0 unspecified atom stereocenters. The van der Waals surface area contributed by atoms with Crippen LogP contribution in [0.25, 0.3) is 10.8 Å². The maximum Gasteiger partial charge on any atom is 0.258 e. The number of hydrogen-bond acceptors (Lipinski definition) is 5. The van der Waals surface area contributed by atoms with E-state index >= 15 is 0 Å². The lowest BCUT2D eigenvalue weighted by Gasteiger charge is -2.04. The lowest BCUT2D eigenvalue weighted by molar-refractivity contribution is 0.102. The quantitative estimate of drug-likeness (QED) is 0.296. The highest BCUT2D eigenvalue weighted by Crippen LogP contribution is 2.31. The summed E-state index contributed by atoms with van der Waals surface area (Å²) >= 11 is 6.39. The number of hydrogen-bond donors (Lipinski definition) is 1. The first-order valence-electron chi connectivity index (χ1n) is 8.19. The molecule has 0 aliphatic heterocycles. The van der Waals surface area contributed by atoms with Crippen molar-refractivity contribution in [1.82, 2.24) is 10.2 Å². The number of anilines is 1. The third-order valence-electron chi connectivity index (χ3n) is 3.98. The summed E-state index contributed by atoms with van der Waals surface area (Å²) < 4.78 is 1.57. The van der Waals surface area contributed by atoms with Crippen LogP contribution in [0.5, 0.6) is 0 Å². The van der Waals surface area contributed by atoms with E-state index in [4.69, 9.17) is 0 Å². The van der Waals surface area contributed by atoms with E-state index in [1.165, 1.54) is 27.7 Å². The summed E-state index contributed by atoms with van der Waals surface area (Å²) in [7, 11) is 0. The Kier molecular flexibility index (Phi) is 5.52. The molecule has 4 nitrogen and oxygen atoms in total. The molecule has 0 aliphatic carbocycles. The van der Waals surface area contributed by atoms with Gasteiger partial charge in [0.1, 0.15) is 0 Å². The molecular weight excluding hydrogens is 442 g/mol. The number of thioether (sulfide) groups is 1. The van der Waals surface area contributed by atoms with E-state index in [2.05, 4.69) is 67.8 Å². The van der Waals surface area contributed by atoms with Crippen molar-refractivity contribution in [1.29, 1.82) is 0 Å². The summed E-state index contributed by atoms with van der Waals surface area (Å²) in [6.07, 6.45) is 0. The minimum atomic E-state index is -0.204. The van der Waals surface area contributed by atoms with Gasteiger partial charge in [0.05, 0.1) is 5.56 Å². The predicted octanol–water partition coefficient (Wildman–Crippen LogP) is 6.00. The summed E-state index contributed by atoms with van der Waals surface area (Å²) in [4.78, 5) is 12.4. The Balaban J connectivity index is 1.44. The van der Waals surface area contributed by atoms with Crippen molar-refractivity contribution < 1.29 is 4.79 Å². The van der Waals surface area contributed by atoms with Gasteiger partial charge in [-0.05, 0) is 44.4 Å². The first-order chi connectivity index (χ1) is 13.2. The Morgan fingerprint density at radius 1 is 1.00 bits per heavy atom. The molecule has 0 radical (unpaired) electrons. The Hall–Kier alpha value is -2.22. The molecule has 7 heteroatoms. The van der Waals surface area contributed by atoms with E-state index in [-0.39, 0.29) is 5.91 Å². The first kappa shape index (κ1) is 18.2. The maximum absolute atomic E-state index is 12.4. The smallest absolute Gasteiger partial charge is 0.258 e. The van der Waals surface area contributed by atoms with E-state index in [0.29, 0.717) is 10.7 Å². The van der Waals surface area contributed by atoms with E-state index in [1.54, 1.807) is 17.8 Å². The first-order valence-corrected chi connectivity index (χ1v) is 10.8. The van der Waals surface area contributed by atoms with Crippen LogP contribution in [0.4, 0.5) is 5.13 Å². The zero-order valence-electron chi connectivity index (χ0n) is 14.1. The monoisotopic (exact) mass is 455 g/mol. The molecule has 1 amide bonds. The largest absolute Gasteiger partial charge is 0.296 e. The van der Waals surface area contributed by atoms with Crippen LogP contribution in [0, 0.1) is 0 Å². The Bertz CT molecular complexity index is 1110. The van der Waals surface area contributed by atoms with Crippen LogP contribution < -0.4 is 5.32 Å². The molecule has 1 heterocycles. The normalized spacial score (nSPS) is 10.9. The molecule has 0 saturated heterocycles. The number of benzene rings is 3. The van der Waals surface area contributed by atoms with Gasteiger partial charge in [-0.15, -0.1) is 10.2 Å². The van der Waals surface area contributed by atoms with Crippen molar-refractivity contribution >= 4 is 60.8 Å². The predicted molar refractivity (Wildman–Crippen MR) is 116 cm³/mol. The number of nitrogens with one attached hydrogen (secondary N) is 1. The number of carbonyl (C=O) groups is 1. The van der Waals surface area contributed by atoms with Gasteiger partial charge in [0.25, 0.3) is 5.91 Å². The molecule has 4 rings (SSSR count). The number of halogens is 1. The number of fused-ring (bicyclic) bond motifs is 1. The van der Waals surface area contributed by atoms with E-state index in [0.717, 1.165) is 14.6 Å². The molecule has 0 bridgehead atoms. The number of aromatic nitrogens is 2. The highest BCUT2D eigenvalue weighted by molar-refractivity contribution is 9.10. The van der Waals surface area contributed by atoms with Gasteiger partial charge in [0.15, 0.2) is 4.34 Å². The van der Waals surface area contributed by atoms with Gasteiger partial charge >= 0.3 is 0 Å². The molecular formula is C20H14BrN3OS2. The Labute approximate surface area is 173 Å². The van der Waals surface area contributed by atoms with Gasteiger partial charge in [-0.1, -0.05) is 77.7 Å². The SMILES string of the molecule is O=C(Nc1nnc(SCc2cccc3ccccc23)s1)c1ccccc1Br. The molecule has 27 heavy (non-hydrogen) atoms. The molecule has 0 saturated carbocycles. The van der Waals surface area contributed by atoms with E-state index < -0.39 is 0 Å². The van der Waals surface area contributed by atoms with E-state index in [9.17, 15) is 4.79 Å². The third-order valence-corrected chi connectivity index (χ3v) is 6.69. The molecule has 134 valence electrons. The second-order valence-electron chi connectivity index (χ2n) is 5.73. The maximum atomic E-state index is 12.4. The number of carbonyl (C=O) groups excluding carboxylic acids is 1.